The lowest BCUT2D eigenvalue weighted by Crippen LogP contribution is -2.56. The molecule has 0 fully saturated rings. The maximum Gasteiger partial charge on any atom is 0.264 e. The first kappa shape index (κ1) is 31.8. The standard InChI is InChI=1S/C34H36ClN3O4S/c1-34(2,3)36-33(40)31(23-26-15-7-4-8-16-26)37(24-27-17-9-5-10-18-27)32(39)25-38(30-22-14-13-21-29(30)35)43(41,42)28-19-11-6-12-20-28/h4-22,31H,23-25H2,1-3H3,(H,36,40)/t31-/m0/s1. The molecule has 1 atom stereocenters. The Labute approximate surface area is 259 Å². The van der Waals surface area contributed by atoms with Crippen LogP contribution in [0.2, 0.25) is 5.02 Å². The maximum atomic E-state index is 14.4. The SMILES string of the molecule is CC(C)(C)NC(=O)[C@H](Cc1ccccc1)N(Cc1ccccc1)C(=O)CN(c1ccccc1Cl)S(=O)(=O)c1ccccc1. The quantitative estimate of drug-likeness (QED) is 0.221. The smallest absolute Gasteiger partial charge is 0.264 e. The van der Waals surface area contributed by atoms with Gasteiger partial charge in [-0.25, -0.2) is 8.42 Å². The molecule has 4 aromatic rings. The molecule has 0 saturated heterocycles. The number of nitrogens with zero attached hydrogens (tertiary/aromatic N) is 2. The molecule has 0 spiro atoms. The molecular formula is C34H36ClN3O4S. The third kappa shape index (κ3) is 8.46. The number of hydrogen-bond acceptors (Lipinski definition) is 4. The Morgan fingerprint density at radius 1 is 0.767 bits per heavy atom. The van der Waals surface area contributed by atoms with E-state index in [4.69, 9.17) is 11.6 Å². The predicted octanol–water partition coefficient (Wildman–Crippen LogP) is 6.09. The first-order chi connectivity index (χ1) is 20.5. The first-order valence-electron chi connectivity index (χ1n) is 14.0. The number of halogens is 1. The Bertz CT molecular complexity index is 1630. The van der Waals surface area contributed by atoms with E-state index < -0.39 is 34.1 Å². The fourth-order valence-corrected chi connectivity index (χ4v) is 6.42. The molecule has 2 amide bonds. The second-order valence-corrected chi connectivity index (χ2v) is 13.5. The van der Waals surface area contributed by atoms with Gasteiger partial charge in [-0.3, -0.25) is 13.9 Å². The molecule has 1 N–H and O–H groups in total. The van der Waals surface area contributed by atoms with Crippen LogP contribution in [0.5, 0.6) is 0 Å². The second kappa shape index (κ2) is 13.9. The molecule has 4 aromatic carbocycles. The first-order valence-corrected chi connectivity index (χ1v) is 15.8. The Morgan fingerprint density at radius 2 is 1.28 bits per heavy atom. The zero-order valence-electron chi connectivity index (χ0n) is 24.5. The van der Waals surface area contributed by atoms with Crippen LogP contribution in [0, 0.1) is 0 Å². The lowest BCUT2D eigenvalue weighted by Gasteiger charge is -2.35. The minimum Gasteiger partial charge on any atom is -0.350 e. The number of amides is 2. The van der Waals surface area contributed by atoms with E-state index in [9.17, 15) is 18.0 Å². The van der Waals surface area contributed by atoms with E-state index in [1.807, 2.05) is 81.4 Å². The molecule has 0 radical (unpaired) electrons. The van der Waals surface area contributed by atoms with E-state index in [0.29, 0.717) is 0 Å². The normalized spacial score (nSPS) is 12.3. The van der Waals surface area contributed by atoms with Crippen molar-refractivity contribution in [2.24, 2.45) is 0 Å². The lowest BCUT2D eigenvalue weighted by molar-refractivity contribution is -0.140. The van der Waals surface area contributed by atoms with Crippen molar-refractivity contribution in [3.8, 4) is 0 Å². The average molecular weight is 618 g/mol. The van der Waals surface area contributed by atoms with Crippen LogP contribution >= 0.6 is 11.6 Å². The minimum absolute atomic E-state index is 0.0173. The lowest BCUT2D eigenvalue weighted by atomic mass is 10.0. The number of nitrogens with one attached hydrogen (secondary N) is 1. The van der Waals surface area contributed by atoms with E-state index in [0.717, 1.165) is 15.4 Å². The summed E-state index contributed by atoms with van der Waals surface area (Å²) in [5.41, 5.74) is 1.27. The van der Waals surface area contributed by atoms with Crippen LogP contribution < -0.4 is 9.62 Å². The van der Waals surface area contributed by atoms with Crippen molar-refractivity contribution in [1.29, 1.82) is 0 Å². The fourth-order valence-electron chi connectivity index (χ4n) is 4.67. The largest absolute Gasteiger partial charge is 0.350 e. The molecule has 7 nitrogen and oxygen atoms in total. The van der Waals surface area contributed by atoms with E-state index in [1.54, 1.807) is 42.5 Å². The highest BCUT2D eigenvalue weighted by atomic mass is 35.5. The number of para-hydroxylation sites is 1. The summed E-state index contributed by atoms with van der Waals surface area (Å²) in [6.45, 7) is 5.15. The summed E-state index contributed by atoms with van der Waals surface area (Å²) in [5, 5.41) is 3.20. The number of carbonyl (C=O) groups excluding carboxylic acids is 2. The molecular weight excluding hydrogens is 582 g/mol. The van der Waals surface area contributed by atoms with E-state index in [2.05, 4.69) is 5.32 Å². The van der Waals surface area contributed by atoms with Gasteiger partial charge < -0.3 is 10.2 Å². The van der Waals surface area contributed by atoms with Crippen molar-refractivity contribution < 1.29 is 18.0 Å². The van der Waals surface area contributed by atoms with Crippen LogP contribution in [-0.2, 0) is 32.6 Å². The number of rotatable bonds is 11. The molecule has 0 saturated carbocycles. The van der Waals surface area contributed by atoms with Gasteiger partial charge in [-0.1, -0.05) is 103 Å². The second-order valence-electron chi connectivity index (χ2n) is 11.2. The summed E-state index contributed by atoms with van der Waals surface area (Å²) < 4.78 is 29.0. The highest BCUT2D eigenvalue weighted by molar-refractivity contribution is 7.92. The number of sulfonamides is 1. The van der Waals surface area contributed by atoms with Crippen molar-refractivity contribution in [1.82, 2.24) is 10.2 Å². The van der Waals surface area contributed by atoms with Gasteiger partial charge in [0.1, 0.15) is 12.6 Å². The van der Waals surface area contributed by atoms with Crippen molar-refractivity contribution in [2.45, 2.75) is 50.2 Å². The molecule has 0 aliphatic heterocycles. The summed E-state index contributed by atoms with van der Waals surface area (Å²) in [4.78, 5) is 29.8. The molecule has 0 unspecified atom stereocenters. The number of carbonyl (C=O) groups is 2. The third-order valence-electron chi connectivity index (χ3n) is 6.70. The van der Waals surface area contributed by atoms with Gasteiger partial charge >= 0.3 is 0 Å². The van der Waals surface area contributed by atoms with Crippen molar-refractivity contribution in [3.63, 3.8) is 0 Å². The molecule has 224 valence electrons. The van der Waals surface area contributed by atoms with Gasteiger partial charge in [0.25, 0.3) is 10.0 Å². The van der Waals surface area contributed by atoms with Gasteiger partial charge in [0, 0.05) is 18.5 Å². The number of benzene rings is 4. The molecule has 43 heavy (non-hydrogen) atoms. The Hall–Kier alpha value is -4.14. The molecule has 4 rings (SSSR count). The van der Waals surface area contributed by atoms with Crippen LogP contribution in [0.25, 0.3) is 0 Å². The van der Waals surface area contributed by atoms with Crippen LogP contribution in [-0.4, -0.2) is 43.3 Å². The van der Waals surface area contributed by atoms with Gasteiger partial charge in [0.2, 0.25) is 11.8 Å². The van der Waals surface area contributed by atoms with Crippen LogP contribution in [0.3, 0.4) is 0 Å². The van der Waals surface area contributed by atoms with Crippen molar-refractivity contribution >= 4 is 39.1 Å². The zero-order chi connectivity index (χ0) is 31.0. The van der Waals surface area contributed by atoms with E-state index in [1.165, 1.54) is 17.0 Å². The summed E-state index contributed by atoms with van der Waals surface area (Å²) in [6, 6.07) is 32.2. The summed E-state index contributed by atoms with van der Waals surface area (Å²) in [7, 11) is -4.21. The molecule has 9 heteroatoms. The van der Waals surface area contributed by atoms with Crippen molar-refractivity contribution in [2.75, 3.05) is 10.8 Å². The summed E-state index contributed by atoms with van der Waals surface area (Å²) >= 11 is 6.50. The third-order valence-corrected chi connectivity index (χ3v) is 8.79. The molecule has 0 bridgehead atoms. The van der Waals surface area contributed by atoms with Crippen LogP contribution in [0.4, 0.5) is 5.69 Å². The summed E-state index contributed by atoms with van der Waals surface area (Å²) in [6.07, 6.45) is 0.235. The number of hydrogen-bond donors (Lipinski definition) is 1. The topological polar surface area (TPSA) is 86.8 Å². The predicted molar refractivity (Wildman–Crippen MR) is 171 cm³/mol. The van der Waals surface area contributed by atoms with E-state index >= 15 is 0 Å². The van der Waals surface area contributed by atoms with Crippen molar-refractivity contribution in [3.05, 3.63) is 131 Å². The Morgan fingerprint density at radius 3 is 1.84 bits per heavy atom. The Balaban J connectivity index is 1.81. The van der Waals surface area contributed by atoms with Gasteiger partial charge in [-0.15, -0.1) is 0 Å². The minimum atomic E-state index is -4.21. The van der Waals surface area contributed by atoms with Crippen LogP contribution in [0.15, 0.2) is 120 Å². The van der Waals surface area contributed by atoms with Gasteiger partial charge in [0.05, 0.1) is 15.6 Å². The van der Waals surface area contributed by atoms with Gasteiger partial charge in [-0.2, -0.15) is 0 Å². The number of anilines is 1. The van der Waals surface area contributed by atoms with E-state index in [-0.39, 0.29) is 34.5 Å². The zero-order valence-corrected chi connectivity index (χ0v) is 26.1. The van der Waals surface area contributed by atoms with Gasteiger partial charge in [0.15, 0.2) is 0 Å². The average Bonchev–Trinajstić information content (AvgIpc) is 2.98. The molecule has 0 heterocycles. The van der Waals surface area contributed by atoms with Gasteiger partial charge in [-0.05, 0) is 56.2 Å². The molecule has 0 aromatic heterocycles. The maximum absolute atomic E-state index is 14.4. The highest BCUT2D eigenvalue weighted by Crippen LogP contribution is 2.31. The Kier molecular flexibility index (Phi) is 10.3. The van der Waals surface area contributed by atoms with Crippen LogP contribution in [0.1, 0.15) is 31.9 Å². The monoisotopic (exact) mass is 617 g/mol. The highest BCUT2D eigenvalue weighted by Gasteiger charge is 2.36. The molecule has 0 aliphatic rings. The molecule has 0 aliphatic carbocycles. The summed E-state index contributed by atoms with van der Waals surface area (Å²) in [5.74, 6) is -0.885. The fraction of sp³-hybridized carbons (Fsp3) is 0.235.